The minimum Gasteiger partial charge on any atom is -0.351 e. The van der Waals surface area contributed by atoms with Crippen molar-refractivity contribution in [3.63, 3.8) is 0 Å². The van der Waals surface area contributed by atoms with Crippen LogP contribution in [0.4, 0.5) is 4.79 Å². The number of rotatable bonds is 6. The standard InChI is InChI=1S/C22H24N4O3S/c1-4-13(2)15-9-11-16(12-10-15)26-20(28)17-7-5-6-8-18(17)24-22(26)30-14(3)19(27)25-21(23)29/h5-14H,4H2,1-3H3,(H3,23,25,27,29). The summed E-state index contributed by atoms with van der Waals surface area (Å²) in [7, 11) is 0. The summed E-state index contributed by atoms with van der Waals surface area (Å²) in [6.45, 7) is 5.91. The number of hydrogen-bond donors (Lipinski definition) is 2. The zero-order chi connectivity index (χ0) is 21.8. The maximum absolute atomic E-state index is 13.3. The molecule has 0 aliphatic heterocycles. The van der Waals surface area contributed by atoms with E-state index in [1.54, 1.807) is 31.2 Å². The highest BCUT2D eigenvalue weighted by Crippen LogP contribution is 2.26. The number of para-hydroxylation sites is 1. The molecule has 0 saturated carbocycles. The highest BCUT2D eigenvalue weighted by atomic mass is 32.2. The van der Waals surface area contributed by atoms with Gasteiger partial charge < -0.3 is 5.73 Å². The molecule has 8 heteroatoms. The fourth-order valence-electron chi connectivity index (χ4n) is 3.04. The third-order valence-electron chi connectivity index (χ3n) is 4.98. The van der Waals surface area contributed by atoms with Gasteiger partial charge in [0.05, 0.1) is 21.8 Å². The lowest BCUT2D eigenvalue weighted by Crippen LogP contribution is -2.39. The van der Waals surface area contributed by atoms with Crippen LogP contribution in [0.5, 0.6) is 0 Å². The topological polar surface area (TPSA) is 107 Å². The second kappa shape index (κ2) is 9.13. The molecule has 3 rings (SSSR count). The molecule has 30 heavy (non-hydrogen) atoms. The van der Waals surface area contributed by atoms with Crippen molar-refractivity contribution in [2.75, 3.05) is 0 Å². The first-order valence-corrected chi connectivity index (χ1v) is 10.6. The maximum atomic E-state index is 13.3. The van der Waals surface area contributed by atoms with Gasteiger partial charge >= 0.3 is 6.03 Å². The molecule has 0 bridgehead atoms. The average Bonchev–Trinajstić information content (AvgIpc) is 2.73. The van der Waals surface area contributed by atoms with Crippen molar-refractivity contribution in [1.29, 1.82) is 0 Å². The van der Waals surface area contributed by atoms with E-state index in [-0.39, 0.29) is 5.56 Å². The number of amides is 3. The van der Waals surface area contributed by atoms with Gasteiger partial charge in [0.15, 0.2) is 5.16 Å². The van der Waals surface area contributed by atoms with Gasteiger partial charge in [-0.3, -0.25) is 19.5 Å². The summed E-state index contributed by atoms with van der Waals surface area (Å²) in [5, 5.41) is 2.23. The van der Waals surface area contributed by atoms with E-state index in [9.17, 15) is 14.4 Å². The molecule has 0 fully saturated rings. The third-order valence-corrected chi connectivity index (χ3v) is 6.03. The van der Waals surface area contributed by atoms with E-state index < -0.39 is 17.2 Å². The Hall–Kier alpha value is -3.13. The number of nitrogens with zero attached hydrogens (tertiary/aromatic N) is 2. The van der Waals surface area contributed by atoms with Gasteiger partial charge in [-0.15, -0.1) is 0 Å². The van der Waals surface area contributed by atoms with E-state index in [2.05, 4.69) is 24.1 Å². The van der Waals surface area contributed by atoms with Crippen LogP contribution in [-0.2, 0) is 4.79 Å². The smallest absolute Gasteiger partial charge is 0.318 e. The zero-order valence-electron chi connectivity index (χ0n) is 17.1. The molecule has 7 nitrogen and oxygen atoms in total. The van der Waals surface area contributed by atoms with Crippen LogP contribution in [0, 0.1) is 0 Å². The summed E-state index contributed by atoms with van der Waals surface area (Å²) in [5.41, 5.74) is 7.21. The van der Waals surface area contributed by atoms with Crippen LogP contribution in [0.1, 0.15) is 38.7 Å². The van der Waals surface area contributed by atoms with Gasteiger partial charge in [0.2, 0.25) is 5.91 Å². The predicted octanol–water partition coefficient (Wildman–Crippen LogP) is 3.57. The first-order chi connectivity index (χ1) is 14.3. The lowest BCUT2D eigenvalue weighted by atomic mass is 9.98. The number of nitrogens with one attached hydrogen (secondary N) is 1. The molecule has 0 saturated heterocycles. The van der Waals surface area contributed by atoms with Gasteiger partial charge in [-0.25, -0.2) is 9.78 Å². The van der Waals surface area contributed by atoms with Gasteiger partial charge in [-0.1, -0.05) is 49.9 Å². The Kier molecular flexibility index (Phi) is 6.56. The van der Waals surface area contributed by atoms with Crippen molar-refractivity contribution >= 4 is 34.6 Å². The summed E-state index contributed by atoms with van der Waals surface area (Å²) in [4.78, 5) is 41.1. The monoisotopic (exact) mass is 424 g/mol. The summed E-state index contributed by atoms with van der Waals surface area (Å²) in [5.74, 6) is -0.134. The Bertz CT molecular complexity index is 1140. The van der Waals surface area contributed by atoms with E-state index in [1.807, 2.05) is 24.3 Å². The Morgan fingerprint density at radius 1 is 1.13 bits per heavy atom. The first kappa shape index (κ1) is 21.6. The van der Waals surface area contributed by atoms with Gasteiger partial charge in [0.25, 0.3) is 5.56 Å². The summed E-state index contributed by atoms with van der Waals surface area (Å²) >= 11 is 1.09. The van der Waals surface area contributed by atoms with Crippen molar-refractivity contribution in [3.05, 3.63) is 64.4 Å². The first-order valence-electron chi connectivity index (χ1n) is 9.71. The molecule has 1 heterocycles. The van der Waals surface area contributed by atoms with Crippen molar-refractivity contribution < 1.29 is 9.59 Å². The van der Waals surface area contributed by atoms with E-state index in [1.165, 1.54) is 10.1 Å². The Morgan fingerprint density at radius 3 is 2.43 bits per heavy atom. The van der Waals surface area contributed by atoms with E-state index >= 15 is 0 Å². The van der Waals surface area contributed by atoms with E-state index in [4.69, 9.17) is 5.73 Å². The Morgan fingerprint density at radius 2 is 1.80 bits per heavy atom. The van der Waals surface area contributed by atoms with Crippen molar-refractivity contribution in [2.24, 2.45) is 5.73 Å². The van der Waals surface area contributed by atoms with Crippen molar-refractivity contribution in [1.82, 2.24) is 14.9 Å². The van der Waals surface area contributed by atoms with E-state index in [0.29, 0.717) is 27.7 Å². The highest BCUT2D eigenvalue weighted by molar-refractivity contribution is 8.00. The number of aromatic nitrogens is 2. The number of hydrogen-bond acceptors (Lipinski definition) is 5. The number of fused-ring (bicyclic) bond motifs is 1. The van der Waals surface area contributed by atoms with Crippen LogP contribution in [0.25, 0.3) is 16.6 Å². The summed E-state index contributed by atoms with van der Waals surface area (Å²) in [6.07, 6.45) is 1.02. The van der Waals surface area contributed by atoms with Gasteiger partial charge in [-0.05, 0) is 49.1 Å². The largest absolute Gasteiger partial charge is 0.351 e. The fraction of sp³-hybridized carbons (Fsp3) is 0.273. The molecule has 0 spiro atoms. The van der Waals surface area contributed by atoms with Crippen LogP contribution in [0.3, 0.4) is 0 Å². The third kappa shape index (κ3) is 4.54. The van der Waals surface area contributed by atoms with Crippen LogP contribution in [0.2, 0.25) is 0 Å². The average molecular weight is 425 g/mol. The molecule has 3 amide bonds. The minimum atomic E-state index is -0.919. The summed E-state index contributed by atoms with van der Waals surface area (Å²) < 4.78 is 1.50. The molecular formula is C22H24N4O3S. The highest BCUT2D eigenvalue weighted by Gasteiger charge is 2.21. The SMILES string of the molecule is CCC(C)c1ccc(-n2c(SC(C)C(=O)NC(N)=O)nc3ccccc3c2=O)cc1. The number of carbonyl (C=O) groups is 2. The van der Waals surface area contributed by atoms with Gasteiger partial charge in [0.1, 0.15) is 0 Å². The van der Waals surface area contributed by atoms with Crippen LogP contribution in [-0.4, -0.2) is 26.7 Å². The molecule has 1 aromatic heterocycles. The lowest BCUT2D eigenvalue weighted by Gasteiger charge is -2.17. The molecule has 0 radical (unpaired) electrons. The number of nitrogens with two attached hydrogens (primary N) is 1. The molecule has 2 unspecified atom stereocenters. The molecule has 0 aliphatic rings. The van der Waals surface area contributed by atoms with Gasteiger partial charge in [-0.2, -0.15) is 0 Å². The lowest BCUT2D eigenvalue weighted by molar-refractivity contribution is -0.119. The number of urea groups is 1. The number of carbonyl (C=O) groups excluding carboxylic acids is 2. The molecule has 2 aromatic carbocycles. The quantitative estimate of drug-likeness (QED) is 0.465. The normalized spacial score (nSPS) is 13.0. The molecule has 0 aliphatic carbocycles. The van der Waals surface area contributed by atoms with Gasteiger partial charge in [0, 0.05) is 0 Å². The Labute approximate surface area is 178 Å². The molecule has 3 N–H and O–H groups in total. The maximum Gasteiger partial charge on any atom is 0.318 e. The van der Waals surface area contributed by atoms with Crippen molar-refractivity contribution in [3.8, 4) is 5.69 Å². The van der Waals surface area contributed by atoms with Crippen molar-refractivity contribution in [2.45, 2.75) is 43.5 Å². The number of imide groups is 1. The number of thioether (sulfide) groups is 1. The van der Waals surface area contributed by atoms with E-state index in [0.717, 1.165) is 18.2 Å². The van der Waals surface area contributed by atoms with Crippen LogP contribution in [0.15, 0.2) is 58.5 Å². The Balaban J connectivity index is 2.10. The molecule has 3 aromatic rings. The predicted molar refractivity (Wildman–Crippen MR) is 119 cm³/mol. The fourth-order valence-corrected chi connectivity index (χ4v) is 3.97. The second-order valence-electron chi connectivity index (χ2n) is 7.07. The molecular weight excluding hydrogens is 400 g/mol. The van der Waals surface area contributed by atoms with Crippen LogP contribution >= 0.6 is 11.8 Å². The zero-order valence-corrected chi connectivity index (χ0v) is 17.9. The minimum absolute atomic E-state index is 0.220. The molecule has 156 valence electrons. The summed E-state index contributed by atoms with van der Waals surface area (Å²) in [6, 6.07) is 13.9. The second-order valence-corrected chi connectivity index (χ2v) is 8.37. The number of benzene rings is 2. The molecule has 2 atom stereocenters. The van der Waals surface area contributed by atoms with Crippen LogP contribution < -0.4 is 16.6 Å². The number of primary amides is 1.